The van der Waals surface area contributed by atoms with Crippen molar-refractivity contribution in [2.24, 2.45) is 0 Å². The second-order valence-corrected chi connectivity index (χ2v) is 6.86. The molecule has 0 atom stereocenters. The van der Waals surface area contributed by atoms with Crippen LogP contribution in [0, 0.1) is 0 Å². The lowest BCUT2D eigenvalue weighted by molar-refractivity contribution is -0.116. The van der Waals surface area contributed by atoms with Gasteiger partial charge in [-0.15, -0.1) is 0 Å². The van der Waals surface area contributed by atoms with E-state index in [-0.39, 0.29) is 23.5 Å². The summed E-state index contributed by atoms with van der Waals surface area (Å²) in [6.07, 6.45) is 3.23. The summed E-state index contributed by atoms with van der Waals surface area (Å²) in [5.41, 5.74) is 2.16. The molecule has 9 heteroatoms. The number of imidazole rings is 1. The molecule has 3 aromatic rings. The Hall–Kier alpha value is -3.75. The summed E-state index contributed by atoms with van der Waals surface area (Å²) >= 11 is 0. The molecule has 0 saturated carbocycles. The van der Waals surface area contributed by atoms with E-state index in [9.17, 15) is 14.4 Å². The second-order valence-electron chi connectivity index (χ2n) is 6.86. The number of fused-ring (bicyclic) bond motifs is 1. The number of esters is 2. The number of benzene rings is 1. The minimum atomic E-state index is -0.623. The van der Waals surface area contributed by atoms with Crippen LogP contribution in [0.3, 0.4) is 0 Å². The summed E-state index contributed by atoms with van der Waals surface area (Å²) in [5, 5.41) is 2.73. The van der Waals surface area contributed by atoms with E-state index in [2.05, 4.69) is 22.2 Å². The van der Waals surface area contributed by atoms with Gasteiger partial charge < -0.3 is 19.4 Å². The number of pyridine rings is 1. The number of rotatable bonds is 8. The molecule has 2 aromatic heterocycles. The summed E-state index contributed by atoms with van der Waals surface area (Å²) in [6, 6.07) is 7.98. The molecule has 0 spiro atoms. The lowest BCUT2D eigenvalue weighted by Crippen LogP contribution is -2.16. The van der Waals surface area contributed by atoms with Crippen molar-refractivity contribution in [1.29, 1.82) is 0 Å². The molecule has 0 unspecified atom stereocenters. The summed E-state index contributed by atoms with van der Waals surface area (Å²) in [7, 11) is 2.48. The molecule has 31 heavy (non-hydrogen) atoms. The van der Waals surface area contributed by atoms with E-state index < -0.39 is 11.9 Å². The van der Waals surface area contributed by atoms with Crippen LogP contribution in [0.25, 0.3) is 11.2 Å². The molecular formula is C22H24N4O5. The number of carbonyl (C=O) groups is 3. The van der Waals surface area contributed by atoms with Gasteiger partial charge in [-0.1, -0.05) is 6.92 Å². The standard InChI is InChI=1S/C22H24N4O5/c1-4-10-26-18(25-17-6-5-9-23-20(17)26)7-8-19(27)24-16-12-14(21(28)30-2)11-15(13-16)22(29)31-3/h5-6,9,11-13H,4,7-8,10H2,1-3H3,(H,24,27). The van der Waals surface area contributed by atoms with Crippen molar-refractivity contribution in [3.8, 4) is 0 Å². The van der Waals surface area contributed by atoms with Gasteiger partial charge in [0.15, 0.2) is 5.65 Å². The quantitative estimate of drug-likeness (QED) is 0.553. The Kier molecular flexibility index (Phi) is 6.96. The van der Waals surface area contributed by atoms with Crippen LogP contribution in [0.4, 0.5) is 5.69 Å². The fraction of sp³-hybridized carbons (Fsp3) is 0.318. The highest BCUT2D eigenvalue weighted by Crippen LogP contribution is 2.19. The number of aromatic nitrogens is 3. The third kappa shape index (κ3) is 5.06. The van der Waals surface area contributed by atoms with Gasteiger partial charge in [-0.25, -0.2) is 19.6 Å². The lowest BCUT2D eigenvalue weighted by atomic mass is 10.1. The number of nitrogens with zero attached hydrogens (tertiary/aromatic N) is 3. The molecule has 0 bridgehead atoms. The molecule has 1 N–H and O–H groups in total. The highest BCUT2D eigenvalue weighted by atomic mass is 16.5. The average molecular weight is 424 g/mol. The normalized spacial score (nSPS) is 10.7. The summed E-state index contributed by atoms with van der Waals surface area (Å²) in [5.74, 6) is -0.741. The van der Waals surface area contributed by atoms with Gasteiger partial charge in [-0.3, -0.25) is 4.79 Å². The smallest absolute Gasteiger partial charge is 0.337 e. The molecule has 162 valence electrons. The Morgan fingerprint density at radius 1 is 1.06 bits per heavy atom. The molecule has 0 saturated heterocycles. The van der Waals surface area contributed by atoms with Gasteiger partial charge in [0.05, 0.1) is 25.3 Å². The number of hydrogen-bond acceptors (Lipinski definition) is 7. The van der Waals surface area contributed by atoms with Crippen LogP contribution >= 0.6 is 0 Å². The van der Waals surface area contributed by atoms with Crippen LogP contribution in [0.1, 0.15) is 46.3 Å². The summed E-state index contributed by atoms with van der Waals surface area (Å²) < 4.78 is 11.5. The van der Waals surface area contributed by atoms with Crippen molar-refractivity contribution < 1.29 is 23.9 Å². The Morgan fingerprint density at radius 2 is 1.74 bits per heavy atom. The van der Waals surface area contributed by atoms with E-state index in [4.69, 9.17) is 9.47 Å². The first-order chi connectivity index (χ1) is 15.0. The molecule has 3 rings (SSSR count). The van der Waals surface area contributed by atoms with Crippen LogP contribution in [-0.2, 0) is 27.2 Å². The predicted molar refractivity (Wildman–Crippen MR) is 114 cm³/mol. The number of aryl methyl sites for hydroxylation is 2. The average Bonchev–Trinajstić information content (AvgIpc) is 3.14. The minimum Gasteiger partial charge on any atom is -0.465 e. The predicted octanol–water partition coefficient (Wildman–Crippen LogP) is 2.99. The summed E-state index contributed by atoms with van der Waals surface area (Å²) in [4.78, 5) is 45.4. The lowest BCUT2D eigenvalue weighted by Gasteiger charge is -2.10. The van der Waals surface area contributed by atoms with Gasteiger partial charge in [-0.2, -0.15) is 0 Å². The third-order valence-electron chi connectivity index (χ3n) is 4.66. The second kappa shape index (κ2) is 9.84. The van der Waals surface area contributed by atoms with E-state index in [0.29, 0.717) is 12.1 Å². The first kappa shape index (κ1) is 21.9. The highest BCUT2D eigenvalue weighted by molar-refractivity contribution is 5.99. The zero-order chi connectivity index (χ0) is 22.4. The highest BCUT2D eigenvalue weighted by Gasteiger charge is 2.16. The zero-order valence-corrected chi connectivity index (χ0v) is 17.7. The maximum atomic E-state index is 12.6. The largest absolute Gasteiger partial charge is 0.465 e. The maximum Gasteiger partial charge on any atom is 0.337 e. The number of nitrogens with one attached hydrogen (secondary N) is 1. The van der Waals surface area contributed by atoms with Crippen molar-refractivity contribution in [2.75, 3.05) is 19.5 Å². The number of anilines is 1. The molecule has 0 fully saturated rings. The Morgan fingerprint density at radius 3 is 2.35 bits per heavy atom. The van der Waals surface area contributed by atoms with Crippen LogP contribution < -0.4 is 5.32 Å². The van der Waals surface area contributed by atoms with Crippen molar-refractivity contribution in [3.05, 3.63) is 53.5 Å². The SMILES string of the molecule is CCCn1c(CCC(=O)Nc2cc(C(=O)OC)cc(C(=O)OC)c2)nc2cccnc21. The molecule has 0 aliphatic carbocycles. The molecule has 0 radical (unpaired) electrons. The topological polar surface area (TPSA) is 112 Å². The number of amides is 1. The number of hydrogen-bond donors (Lipinski definition) is 1. The van der Waals surface area contributed by atoms with E-state index in [0.717, 1.165) is 30.0 Å². The fourth-order valence-corrected chi connectivity index (χ4v) is 3.27. The van der Waals surface area contributed by atoms with E-state index in [1.807, 2.05) is 16.7 Å². The van der Waals surface area contributed by atoms with Crippen LogP contribution in [-0.4, -0.2) is 46.6 Å². The first-order valence-electron chi connectivity index (χ1n) is 9.88. The van der Waals surface area contributed by atoms with Crippen LogP contribution in [0.5, 0.6) is 0 Å². The summed E-state index contributed by atoms with van der Waals surface area (Å²) in [6.45, 7) is 2.83. The van der Waals surface area contributed by atoms with Gasteiger partial charge >= 0.3 is 11.9 Å². The molecule has 0 aliphatic rings. The monoisotopic (exact) mass is 424 g/mol. The number of carbonyl (C=O) groups excluding carboxylic acids is 3. The fourth-order valence-electron chi connectivity index (χ4n) is 3.27. The van der Waals surface area contributed by atoms with Gasteiger partial charge in [0.25, 0.3) is 0 Å². The first-order valence-corrected chi connectivity index (χ1v) is 9.88. The molecule has 1 aromatic carbocycles. The van der Waals surface area contributed by atoms with Crippen molar-refractivity contribution in [2.45, 2.75) is 32.7 Å². The number of methoxy groups -OCH3 is 2. The molecular weight excluding hydrogens is 400 g/mol. The maximum absolute atomic E-state index is 12.6. The van der Waals surface area contributed by atoms with Crippen molar-refractivity contribution >= 4 is 34.7 Å². The van der Waals surface area contributed by atoms with Gasteiger partial charge in [-0.05, 0) is 36.8 Å². The molecule has 0 aliphatic heterocycles. The Labute approximate surface area is 179 Å². The van der Waals surface area contributed by atoms with E-state index in [1.165, 1.54) is 32.4 Å². The van der Waals surface area contributed by atoms with Crippen LogP contribution in [0.15, 0.2) is 36.5 Å². The third-order valence-corrected chi connectivity index (χ3v) is 4.66. The van der Waals surface area contributed by atoms with E-state index in [1.54, 1.807) is 6.20 Å². The van der Waals surface area contributed by atoms with Crippen molar-refractivity contribution in [3.63, 3.8) is 0 Å². The van der Waals surface area contributed by atoms with Gasteiger partial charge in [0.1, 0.15) is 11.3 Å². The zero-order valence-electron chi connectivity index (χ0n) is 17.7. The van der Waals surface area contributed by atoms with Crippen LogP contribution in [0.2, 0.25) is 0 Å². The number of ether oxygens (including phenoxy) is 2. The van der Waals surface area contributed by atoms with Crippen molar-refractivity contribution in [1.82, 2.24) is 14.5 Å². The van der Waals surface area contributed by atoms with E-state index >= 15 is 0 Å². The molecule has 2 heterocycles. The Balaban J connectivity index is 1.77. The van der Waals surface area contributed by atoms with Gasteiger partial charge in [0.2, 0.25) is 5.91 Å². The molecule has 1 amide bonds. The molecule has 9 nitrogen and oxygen atoms in total. The Bertz CT molecular complexity index is 1090. The minimum absolute atomic E-state index is 0.136. The van der Waals surface area contributed by atoms with Gasteiger partial charge in [0, 0.05) is 31.3 Å².